The number of aromatic nitrogens is 2. The van der Waals surface area contributed by atoms with E-state index in [9.17, 15) is 9.90 Å². The number of carbonyl (C=O) groups is 1. The van der Waals surface area contributed by atoms with Gasteiger partial charge in [-0.3, -0.25) is 0 Å². The fraction of sp³-hybridized carbons (Fsp3) is 0.238. The van der Waals surface area contributed by atoms with E-state index in [-0.39, 0.29) is 5.56 Å². The van der Waals surface area contributed by atoms with E-state index in [0.717, 1.165) is 33.4 Å². The average Bonchev–Trinajstić information content (AvgIpc) is 2.98. The number of hydrogen-bond donors (Lipinski definition) is 1. The Morgan fingerprint density at radius 1 is 1.12 bits per heavy atom. The topological polar surface area (TPSA) is 55.1 Å². The van der Waals surface area contributed by atoms with Gasteiger partial charge in [-0.1, -0.05) is 47.5 Å². The van der Waals surface area contributed by atoms with Crippen LogP contribution in [0.25, 0.3) is 16.9 Å². The van der Waals surface area contributed by atoms with Crippen molar-refractivity contribution in [3.63, 3.8) is 0 Å². The van der Waals surface area contributed by atoms with Gasteiger partial charge in [-0.2, -0.15) is 5.10 Å². The van der Waals surface area contributed by atoms with E-state index in [4.69, 9.17) is 5.10 Å². The molecule has 1 aromatic heterocycles. The van der Waals surface area contributed by atoms with Crippen molar-refractivity contribution < 1.29 is 9.90 Å². The highest BCUT2D eigenvalue weighted by molar-refractivity contribution is 9.10. The van der Waals surface area contributed by atoms with Crippen LogP contribution in [0.2, 0.25) is 0 Å². The number of aromatic carboxylic acids is 1. The first-order chi connectivity index (χ1) is 12.4. The molecule has 1 N–H and O–H groups in total. The van der Waals surface area contributed by atoms with Gasteiger partial charge in [0.05, 0.1) is 11.4 Å². The molecular weight excluding hydrogens is 392 g/mol. The summed E-state index contributed by atoms with van der Waals surface area (Å²) in [6, 6.07) is 13.7. The predicted octanol–water partition coefficient (Wildman–Crippen LogP) is 5.57. The molecule has 0 unspecified atom stereocenters. The summed E-state index contributed by atoms with van der Waals surface area (Å²) in [5.41, 5.74) is 5.57. The molecule has 2 aromatic carbocycles. The molecule has 0 aliphatic rings. The third kappa shape index (κ3) is 3.44. The van der Waals surface area contributed by atoms with Gasteiger partial charge in [0.2, 0.25) is 0 Å². The zero-order valence-corrected chi connectivity index (χ0v) is 16.7. The van der Waals surface area contributed by atoms with Crippen LogP contribution in [0.15, 0.2) is 46.9 Å². The molecule has 0 fully saturated rings. The van der Waals surface area contributed by atoms with Gasteiger partial charge in [0.1, 0.15) is 11.3 Å². The normalized spacial score (nSPS) is 10.9. The molecule has 0 bridgehead atoms. The summed E-state index contributed by atoms with van der Waals surface area (Å²) >= 11 is 3.42. The second-order valence-corrected chi connectivity index (χ2v) is 7.33. The molecule has 0 atom stereocenters. The molecule has 0 radical (unpaired) electrons. The van der Waals surface area contributed by atoms with Crippen molar-refractivity contribution in [1.29, 1.82) is 0 Å². The first-order valence-corrected chi connectivity index (χ1v) is 9.40. The molecule has 4 nitrogen and oxygen atoms in total. The molecule has 0 aliphatic heterocycles. The van der Waals surface area contributed by atoms with Gasteiger partial charge in [0.15, 0.2) is 0 Å². The lowest BCUT2D eigenvalue weighted by molar-refractivity contribution is 0.0696. The maximum absolute atomic E-state index is 12.1. The molecule has 1 heterocycles. The van der Waals surface area contributed by atoms with Crippen LogP contribution < -0.4 is 0 Å². The number of carboxylic acids is 1. The third-order valence-electron chi connectivity index (χ3n) is 4.53. The zero-order chi connectivity index (χ0) is 18.8. The molecule has 5 heteroatoms. The molecule has 134 valence electrons. The van der Waals surface area contributed by atoms with Gasteiger partial charge < -0.3 is 5.11 Å². The molecule has 0 saturated heterocycles. The van der Waals surface area contributed by atoms with Gasteiger partial charge in [0, 0.05) is 10.0 Å². The molecule has 0 spiro atoms. The van der Waals surface area contributed by atoms with Crippen LogP contribution in [0, 0.1) is 13.8 Å². The smallest absolute Gasteiger partial charge is 0.339 e. The second-order valence-electron chi connectivity index (χ2n) is 6.41. The van der Waals surface area contributed by atoms with Crippen LogP contribution >= 0.6 is 15.9 Å². The SMILES string of the molecule is CCCc1c(C(=O)O)c(-c2ccc(Br)cc2)nn1-c1ccc(C)c(C)c1. The van der Waals surface area contributed by atoms with E-state index in [0.29, 0.717) is 12.1 Å². The third-order valence-corrected chi connectivity index (χ3v) is 5.06. The largest absolute Gasteiger partial charge is 0.478 e. The number of carboxylic acid groups (broad SMARTS) is 1. The first kappa shape index (κ1) is 18.4. The number of benzene rings is 2. The highest BCUT2D eigenvalue weighted by atomic mass is 79.9. The van der Waals surface area contributed by atoms with E-state index >= 15 is 0 Å². The molecule has 0 saturated carbocycles. The number of halogens is 1. The van der Waals surface area contributed by atoms with Crippen LogP contribution in [-0.4, -0.2) is 20.9 Å². The summed E-state index contributed by atoms with van der Waals surface area (Å²) in [6.07, 6.45) is 1.49. The highest BCUT2D eigenvalue weighted by Gasteiger charge is 2.24. The van der Waals surface area contributed by atoms with Gasteiger partial charge in [0.25, 0.3) is 0 Å². The van der Waals surface area contributed by atoms with Crippen molar-refractivity contribution in [3.05, 3.63) is 69.3 Å². The van der Waals surface area contributed by atoms with E-state index in [2.05, 4.69) is 35.8 Å². The maximum Gasteiger partial charge on any atom is 0.339 e. The Morgan fingerprint density at radius 3 is 2.38 bits per heavy atom. The monoisotopic (exact) mass is 412 g/mol. The maximum atomic E-state index is 12.1. The fourth-order valence-corrected chi connectivity index (χ4v) is 3.29. The Morgan fingerprint density at radius 2 is 1.81 bits per heavy atom. The number of nitrogens with zero attached hydrogens (tertiary/aromatic N) is 2. The van der Waals surface area contributed by atoms with Crippen molar-refractivity contribution in [1.82, 2.24) is 9.78 Å². The summed E-state index contributed by atoms with van der Waals surface area (Å²) < 4.78 is 2.73. The Bertz CT molecular complexity index is 959. The van der Waals surface area contributed by atoms with Gasteiger partial charge >= 0.3 is 5.97 Å². The van der Waals surface area contributed by atoms with Crippen molar-refractivity contribution in [2.75, 3.05) is 0 Å². The summed E-state index contributed by atoms with van der Waals surface area (Å²) in [7, 11) is 0. The Hall–Kier alpha value is -2.40. The summed E-state index contributed by atoms with van der Waals surface area (Å²) in [5.74, 6) is -0.943. The quantitative estimate of drug-likeness (QED) is 0.595. The second kappa shape index (κ2) is 7.46. The lowest BCUT2D eigenvalue weighted by Gasteiger charge is -2.09. The van der Waals surface area contributed by atoms with Crippen LogP contribution in [-0.2, 0) is 6.42 Å². The molecule has 26 heavy (non-hydrogen) atoms. The minimum absolute atomic E-state index is 0.285. The number of aryl methyl sites for hydroxylation is 2. The van der Waals surface area contributed by atoms with Crippen molar-refractivity contribution >= 4 is 21.9 Å². The van der Waals surface area contributed by atoms with E-state index in [1.807, 2.05) is 43.3 Å². The molecule has 0 aliphatic carbocycles. The average molecular weight is 413 g/mol. The zero-order valence-electron chi connectivity index (χ0n) is 15.1. The Kier molecular flexibility index (Phi) is 5.28. The van der Waals surface area contributed by atoms with Crippen LogP contribution in [0.4, 0.5) is 0 Å². The summed E-state index contributed by atoms with van der Waals surface area (Å²) in [4.78, 5) is 12.1. The minimum Gasteiger partial charge on any atom is -0.478 e. The number of rotatable bonds is 5. The van der Waals surface area contributed by atoms with Crippen LogP contribution in [0.1, 0.15) is 40.5 Å². The van der Waals surface area contributed by atoms with Gasteiger partial charge in [-0.25, -0.2) is 9.48 Å². The van der Waals surface area contributed by atoms with Crippen LogP contribution in [0.3, 0.4) is 0 Å². The van der Waals surface area contributed by atoms with E-state index < -0.39 is 5.97 Å². The van der Waals surface area contributed by atoms with Gasteiger partial charge in [-0.15, -0.1) is 0 Å². The Balaban J connectivity index is 2.27. The number of hydrogen-bond acceptors (Lipinski definition) is 2. The Labute approximate surface area is 161 Å². The minimum atomic E-state index is -0.943. The lowest BCUT2D eigenvalue weighted by atomic mass is 10.0. The fourth-order valence-electron chi connectivity index (χ4n) is 3.03. The molecule has 3 aromatic rings. The van der Waals surface area contributed by atoms with Gasteiger partial charge in [-0.05, 0) is 55.7 Å². The van der Waals surface area contributed by atoms with E-state index in [1.54, 1.807) is 4.68 Å². The first-order valence-electron chi connectivity index (χ1n) is 8.61. The van der Waals surface area contributed by atoms with Crippen LogP contribution in [0.5, 0.6) is 0 Å². The predicted molar refractivity (Wildman–Crippen MR) is 107 cm³/mol. The summed E-state index contributed by atoms with van der Waals surface area (Å²) in [5, 5.41) is 14.6. The van der Waals surface area contributed by atoms with Crippen molar-refractivity contribution in [2.24, 2.45) is 0 Å². The van der Waals surface area contributed by atoms with E-state index in [1.165, 1.54) is 5.56 Å². The summed E-state index contributed by atoms with van der Waals surface area (Å²) in [6.45, 7) is 6.16. The standard InChI is InChI=1S/C21H21BrN2O2/c1-4-5-18-19(21(25)26)20(15-7-9-16(22)10-8-15)23-24(18)17-11-6-13(2)14(3)12-17/h6-12H,4-5H2,1-3H3,(H,25,26). The molecule has 0 amide bonds. The molecule has 3 rings (SSSR count). The lowest BCUT2D eigenvalue weighted by Crippen LogP contribution is -2.07. The molecular formula is C21H21BrN2O2. The van der Waals surface area contributed by atoms with Crippen molar-refractivity contribution in [2.45, 2.75) is 33.6 Å². The highest BCUT2D eigenvalue weighted by Crippen LogP contribution is 2.30. The van der Waals surface area contributed by atoms with Crippen molar-refractivity contribution in [3.8, 4) is 16.9 Å².